The van der Waals surface area contributed by atoms with E-state index < -0.39 is 0 Å². The number of nitrogens with zero attached hydrogens (tertiary/aromatic N) is 1. The molecule has 0 saturated heterocycles. The van der Waals surface area contributed by atoms with Crippen molar-refractivity contribution in [2.45, 2.75) is 0 Å². The number of aromatic nitrogens is 1. The predicted molar refractivity (Wildman–Crippen MR) is 36.7 cm³/mol. The van der Waals surface area contributed by atoms with E-state index in [2.05, 4.69) is 0 Å². The fraction of sp³-hybridized carbons (Fsp3) is 0.400. The van der Waals surface area contributed by atoms with Crippen molar-refractivity contribution in [1.82, 2.24) is 0 Å². The molecule has 0 unspecified atom stereocenters. The van der Waals surface area contributed by atoms with Crippen molar-refractivity contribution in [1.29, 1.82) is 0 Å². The molecular weight excluding hydrogens is 158 g/mol. The van der Waals surface area contributed by atoms with Crippen LogP contribution in [0.5, 0.6) is 0 Å². The monoisotopic (exact) mass is 164 g/mol. The molecule has 1 aromatic rings. The number of rotatable bonds is 3. The second-order valence-corrected chi connectivity index (χ2v) is 2.54. The highest BCUT2D eigenvalue weighted by Crippen LogP contribution is 1.85. The van der Waals surface area contributed by atoms with Crippen LogP contribution in [0, 0.1) is 0 Å². The van der Waals surface area contributed by atoms with Crippen LogP contribution in [0.1, 0.15) is 0 Å². The summed E-state index contributed by atoms with van der Waals surface area (Å²) in [6.07, 6.45) is 1.84. The lowest BCUT2D eigenvalue weighted by molar-refractivity contribution is -0.887. The van der Waals surface area contributed by atoms with Gasteiger partial charge >= 0.3 is 0 Å². The SMILES string of the molecule is ClCCO[n+]1ccsc1. The summed E-state index contributed by atoms with van der Waals surface area (Å²) in [5.74, 6) is 0.531. The summed E-state index contributed by atoms with van der Waals surface area (Å²) in [4.78, 5) is 5.09. The van der Waals surface area contributed by atoms with Crippen LogP contribution >= 0.6 is 22.9 Å². The quantitative estimate of drug-likeness (QED) is 0.474. The lowest BCUT2D eigenvalue weighted by Gasteiger charge is -1.87. The summed E-state index contributed by atoms with van der Waals surface area (Å²) >= 11 is 6.97. The standard InChI is InChI=1S/C5H7ClNOS/c6-1-3-8-7-2-4-9-5-7/h2,4-5H,1,3H2/q+1. The van der Waals surface area contributed by atoms with Gasteiger partial charge in [0.1, 0.15) is 0 Å². The molecule has 1 heterocycles. The van der Waals surface area contributed by atoms with E-state index in [1.165, 1.54) is 0 Å². The predicted octanol–water partition coefficient (Wildman–Crippen LogP) is 0.703. The first-order valence-corrected chi connectivity index (χ1v) is 4.04. The van der Waals surface area contributed by atoms with Gasteiger partial charge in [-0.3, -0.25) is 4.84 Å². The Morgan fingerprint density at radius 1 is 1.67 bits per heavy atom. The van der Waals surface area contributed by atoms with Gasteiger partial charge in [0.15, 0.2) is 6.61 Å². The minimum absolute atomic E-state index is 0.531. The van der Waals surface area contributed by atoms with Crippen molar-refractivity contribution in [3.05, 3.63) is 17.1 Å². The van der Waals surface area contributed by atoms with E-state index >= 15 is 0 Å². The van der Waals surface area contributed by atoms with Gasteiger partial charge in [0.05, 0.1) is 11.3 Å². The van der Waals surface area contributed by atoms with E-state index in [1.807, 2.05) is 17.1 Å². The number of hydrogen-bond acceptors (Lipinski definition) is 2. The summed E-state index contributed by atoms with van der Waals surface area (Å²) < 4.78 is 1.65. The highest BCUT2D eigenvalue weighted by atomic mass is 35.5. The lowest BCUT2D eigenvalue weighted by atomic mass is 10.9. The van der Waals surface area contributed by atoms with E-state index in [4.69, 9.17) is 16.4 Å². The van der Waals surface area contributed by atoms with Gasteiger partial charge < -0.3 is 0 Å². The Morgan fingerprint density at radius 2 is 2.56 bits per heavy atom. The van der Waals surface area contributed by atoms with E-state index in [9.17, 15) is 0 Å². The molecule has 4 heteroatoms. The molecule has 0 fully saturated rings. The van der Waals surface area contributed by atoms with Gasteiger partial charge in [0.25, 0.3) is 5.51 Å². The summed E-state index contributed by atoms with van der Waals surface area (Å²) in [5.41, 5.74) is 1.87. The summed E-state index contributed by atoms with van der Waals surface area (Å²) in [6, 6.07) is 0. The Kier molecular flexibility index (Phi) is 2.80. The highest BCUT2D eigenvalue weighted by Gasteiger charge is 1.97. The number of halogens is 1. The molecule has 0 aliphatic heterocycles. The normalized spacial score (nSPS) is 9.44. The van der Waals surface area contributed by atoms with Crippen LogP contribution in [-0.2, 0) is 0 Å². The zero-order valence-electron chi connectivity index (χ0n) is 4.79. The van der Waals surface area contributed by atoms with Gasteiger partial charge in [-0.15, -0.1) is 11.6 Å². The molecule has 0 spiro atoms. The maximum Gasteiger partial charge on any atom is 0.276 e. The Morgan fingerprint density at radius 3 is 3.11 bits per heavy atom. The largest absolute Gasteiger partial charge is 0.276 e. The fourth-order valence-corrected chi connectivity index (χ4v) is 1.02. The van der Waals surface area contributed by atoms with Crippen molar-refractivity contribution in [3.63, 3.8) is 0 Å². The molecule has 1 aromatic heterocycles. The molecule has 2 nitrogen and oxygen atoms in total. The van der Waals surface area contributed by atoms with Crippen LogP contribution in [-0.4, -0.2) is 12.5 Å². The molecule has 50 valence electrons. The second kappa shape index (κ2) is 3.69. The van der Waals surface area contributed by atoms with Gasteiger partial charge in [-0.1, -0.05) is 11.3 Å². The Balaban J connectivity index is 2.30. The van der Waals surface area contributed by atoms with Crippen LogP contribution in [0.2, 0.25) is 0 Å². The topological polar surface area (TPSA) is 13.1 Å². The molecule has 0 saturated carbocycles. The molecule has 0 amide bonds. The third kappa shape index (κ3) is 2.20. The van der Waals surface area contributed by atoms with E-state index in [0.29, 0.717) is 12.5 Å². The summed E-state index contributed by atoms with van der Waals surface area (Å²) in [5, 5.41) is 1.94. The Bertz CT molecular complexity index is 154. The van der Waals surface area contributed by atoms with Crippen LogP contribution in [0.4, 0.5) is 0 Å². The van der Waals surface area contributed by atoms with Crippen LogP contribution < -0.4 is 9.57 Å². The number of thiazole rings is 1. The van der Waals surface area contributed by atoms with Gasteiger partial charge in [-0.25, -0.2) is 0 Å². The maximum absolute atomic E-state index is 5.38. The second-order valence-electron chi connectivity index (χ2n) is 1.41. The first kappa shape index (κ1) is 6.83. The average Bonchev–Trinajstić information content (AvgIpc) is 2.34. The molecule has 0 radical (unpaired) electrons. The van der Waals surface area contributed by atoms with Gasteiger partial charge in [-0.2, -0.15) is 0 Å². The number of alkyl halides is 1. The zero-order valence-corrected chi connectivity index (χ0v) is 6.36. The molecule has 0 aliphatic carbocycles. The molecule has 0 aliphatic rings. The molecule has 0 N–H and O–H groups in total. The minimum atomic E-state index is 0.531. The van der Waals surface area contributed by atoms with E-state index in [-0.39, 0.29) is 0 Å². The minimum Gasteiger partial charge on any atom is -0.269 e. The van der Waals surface area contributed by atoms with Crippen molar-refractivity contribution < 1.29 is 9.57 Å². The van der Waals surface area contributed by atoms with Crippen molar-refractivity contribution >= 4 is 22.9 Å². The van der Waals surface area contributed by atoms with Crippen LogP contribution in [0.25, 0.3) is 0 Å². The first-order chi connectivity index (χ1) is 4.43. The summed E-state index contributed by atoms with van der Waals surface area (Å²) in [7, 11) is 0. The molecular formula is C5H7ClNOS+. The highest BCUT2D eigenvalue weighted by molar-refractivity contribution is 7.07. The van der Waals surface area contributed by atoms with Crippen molar-refractivity contribution in [2.75, 3.05) is 12.5 Å². The number of hydrogen-bond donors (Lipinski definition) is 0. The smallest absolute Gasteiger partial charge is 0.269 e. The Labute approximate surface area is 62.6 Å². The Hall–Kier alpha value is -0.280. The molecule has 0 bridgehead atoms. The first-order valence-electron chi connectivity index (χ1n) is 2.56. The third-order valence-corrected chi connectivity index (χ3v) is 1.53. The maximum atomic E-state index is 5.38. The zero-order chi connectivity index (χ0) is 6.53. The van der Waals surface area contributed by atoms with Gasteiger partial charge in [-0.05, 0) is 0 Å². The van der Waals surface area contributed by atoms with E-state index in [0.717, 1.165) is 0 Å². The fourth-order valence-electron chi connectivity index (χ4n) is 0.439. The van der Waals surface area contributed by atoms with Crippen LogP contribution in [0.15, 0.2) is 17.1 Å². The molecule has 1 rings (SSSR count). The van der Waals surface area contributed by atoms with Crippen molar-refractivity contribution in [3.8, 4) is 0 Å². The lowest BCUT2D eigenvalue weighted by Crippen LogP contribution is -2.40. The summed E-state index contributed by atoms with van der Waals surface area (Å²) in [6.45, 7) is 0.558. The van der Waals surface area contributed by atoms with Gasteiger partial charge in [0.2, 0.25) is 6.20 Å². The molecule has 0 aromatic carbocycles. The van der Waals surface area contributed by atoms with Gasteiger partial charge in [0, 0.05) is 4.73 Å². The van der Waals surface area contributed by atoms with E-state index in [1.54, 1.807) is 16.1 Å². The average molecular weight is 165 g/mol. The molecule has 9 heavy (non-hydrogen) atoms. The molecule has 0 atom stereocenters. The third-order valence-electron chi connectivity index (χ3n) is 0.769. The van der Waals surface area contributed by atoms with Crippen molar-refractivity contribution in [2.24, 2.45) is 0 Å². The van der Waals surface area contributed by atoms with Crippen LogP contribution in [0.3, 0.4) is 0 Å².